The van der Waals surface area contributed by atoms with Crippen molar-refractivity contribution in [1.82, 2.24) is 5.32 Å². The second-order valence-corrected chi connectivity index (χ2v) is 5.31. The lowest BCUT2D eigenvalue weighted by Gasteiger charge is -2.21. The highest BCUT2D eigenvalue weighted by atomic mass is 35.5. The van der Waals surface area contributed by atoms with E-state index >= 15 is 0 Å². The summed E-state index contributed by atoms with van der Waals surface area (Å²) in [7, 11) is 0. The van der Waals surface area contributed by atoms with Crippen LogP contribution in [-0.2, 0) is 4.74 Å². The van der Waals surface area contributed by atoms with Crippen molar-refractivity contribution in [3.05, 3.63) is 0 Å². The van der Waals surface area contributed by atoms with Gasteiger partial charge in [0.1, 0.15) is 0 Å². The molecule has 1 N–H and O–H groups in total. The maximum Gasteiger partial charge on any atom is 0.0704 e. The summed E-state index contributed by atoms with van der Waals surface area (Å²) in [6.45, 7) is 3.18. The fourth-order valence-corrected chi connectivity index (χ4v) is 3.18. The maximum atomic E-state index is 5.95. The number of hydrogen-bond acceptors (Lipinski definition) is 2. The summed E-state index contributed by atoms with van der Waals surface area (Å²) >= 11 is 5.95. The van der Waals surface area contributed by atoms with Crippen LogP contribution >= 0.6 is 11.6 Å². The number of alkyl halides is 1. The van der Waals surface area contributed by atoms with Crippen molar-refractivity contribution in [3.63, 3.8) is 0 Å². The van der Waals surface area contributed by atoms with Gasteiger partial charge in [0.05, 0.1) is 12.2 Å². The number of rotatable bonds is 4. The van der Waals surface area contributed by atoms with Crippen molar-refractivity contribution >= 4 is 11.6 Å². The molecule has 1 saturated carbocycles. The highest BCUT2D eigenvalue weighted by Crippen LogP contribution is 2.27. The maximum absolute atomic E-state index is 5.95. The molecule has 2 aliphatic rings. The Hall–Kier alpha value is 0.210. The van der Waals surface area contributed by atoms with Crippen molar-refractivity contribution in [2.45, 2.75) is 57.3 Å². The van der Waals surface area contributed by atoms with Crippen LogP contribution in [0, 0.1) is 5.92 Å². The van der Waals surface area contributed by atoms with E-state index in [0.717, 1.165) is 12.4 Å². The lowest BCUT2D eigenvalue weighted by molar-refractivity contribution is 0.0537. The van der Waals surface area contributed by atoms with Gasteiger partial charge in [-0.25, -0.2) is 0 Å². The molecule has 1 heterocycles. The van der Waals surface area contributed by atoms with Crippen LogP contribution in [0.2, 0.25) is 0 Å². The standard InChI is InChI=1S/C12H22ClNO/c1-9-5-6-11(15-9)8-14-12-4-2-3-10(12)7-13/h9-12,14H,2-8H2,1H3. The fourth-order valence-electron chi connectivity index (χ4n) is 2.81. The smallest absolute Gasteiger partial charge is 0.0704 e. The van der Waals surface area contributed by atoms with Gasteiger partial charge in [0.25, 0.3) is 0 Å². The molecule has 2 nitrogen and oxygen atoms in total. The van der Waals surface area contributed by atoms with Crippen LogP contribution in [0.1, 0.15) is 39.0 Å². The van der Waals surface area contributed by atoms with E-state index in [-0.39, 0.29) is 0 Å². The molecule has 1 aliphatic heterocycles. The van der Waals surface area contributed by atoms with E-state index < -0.39 is 0 Å². The molecule has 1 saturated heterocycles. The Morgan fingerprint density at radius 3 is 2.80 bits per heavy atom. The zero-order valence-electron chi connectivity index (χ0n) is 9.55. The van der Waals surface area contributed by atoms with Crippen LogP contribution < -0.4 is 5.32 Å². The fraction of sp³-hybridized carbons (Fsp3) is 1.00. The van der Waals surface area contributed by atoms with E-state index in [1.165, 1.54) is 32.1 Å². The molecule has 0 spiro atoms. The molecule has 0 amide bonds. The normalized spacial score (nSPS) is 41.2. The summed E-state index contributed by atoms with van der Waals surface area (Å²) in [5, 5.41) is 3.64. The molecule has 0 aromatic heterocycles. The van der Waals surface area contributed by atoms with E-state index in [0.29, 0.717) is 24.2 Å². The van der Waals surface area contributed by atoms with Crippen LogP contribution in [0.5, 0.6) is 0 Å². The molecule has 4 unspecified atom stereocenters. The summed E-state index contributed by atoms with van der Waals surface area (Å²) in [6, 6.07) is 0.641. The minimum Gasteiger partial charge on any atom is -0.374 e. The van der Waals surface area contributed by atoms with Crippen LogP contribution in [-0.4, -0.2) is 30.7 Å². The van der Waals surface area contributed by atoms with E-state index in [2.05, 4.69) is 12.2 Å². The van der Waals surface area contributed by atoms with Crippen LogP contribution in [0.15, 0.2) is 0 Å². The van der Waals surface area contributed by atoms with Gasteiger partial charge >= 0.3 is 0 Å². The van der Waals surface area contributed by atoms with Gasteiger partial charge in [-0.1, -0.05) is 6.42 Å². The van der Waals surface area contributed by atoms with Crippen LogP contribution in [0.25, 0.3) is 0 Å². The number of halogens is 1. The quantitative estimate of drug-likeness (QED) is 0.751. The van der Waals surface area contributed by atoms with Crippen molar-refractivity contribution in [2.24, 2.45) is 5.92 Å². The molecule has 0 bridgehead atoms. The minimum absolute atomic E-state index is 0.441. The molecule has 1 aliphatic carbocycles. The second-order valence-electron chi connectivity index (χ2n) is 5.01. The molecule has 0 radical (unpaired) electrons. The first-order valence-corrected chi connectivity index (χ1v) is 6.78. The number of hydrogen-bond donors (Lipinski definition) is 1. The van der Waals surface area contributed by atoms with Gasteiger partial charge in [-0.3, -0.25) is 0 Å². The average molecular weight is 232 g/mol. The van der Waals surface area contributed by atoms with E-state index in [1.807, 2.05) is 0 Å². The lowest BCUT2D eigenvalue weighted by Crippen LogP contribution is -2.38. The molecule has 88 valence electrons. The van der Waals surface area contributed by atoms with Crippen molar-refractivity contribution in [1.29, 1.82) is 0 Å². The molecule has 0 aromatic rings. The number of nitrogens with one attached hydrogen (secondary N) is 1. The van der Waals surface area contributed by atoms with E-state index in [9.17, 15) is 0 Å². The molecule has 4 atom stereocenters. The third-order valence-electron chi connectivity index (χ3n) is 3.78. The van der Waals surface area contributed by atoms with Gasteiger partial charge in [-0.05, 0) is 38.5 Å². The van der Waals surface area contributed by atoms with Gasteiger partial charge in [0.2, 0.25) is 0 Å². The Bertz CT molecular complexity index is 200. The molecular formula is C12H22ClNO. The number of ether oxygens (including phenoxy) is 1. The SMILES string of the molecule is CC1CCC(CNC2CCCC2CCl)O1. The third-order valence-corrected chi connectivity index (χ3v) is 4.18. The molecule has 0 aromatic carbocycles. The Morgan fingerprint density at radius 1 is 1.27 bits per heavy atom. The largest absolute Gasteiger partial charge is 0.374 e. The Balaban J connectivity index is 1.68. The Morgan fingerprint density at radius 2 is 2.13 bits per heavy atom. The predicted molar refractivity (Wildman–Crippen MR) is 63.4 cm³/mol. The summed E-state index contributed by atoms with van der Waals surface area (Å²) in [5.74, 6) is 1.49. The van der Waals surface area contributed by atoms with Gasteiger partial charge in [-0.15, -0.1) is 11.6 Å². The van der Waals surface area contributed by atoms with E-state index in [1.54, 1.807) is 0 Å². The molecule has 2 rings (SSSR count). The lowest BCUT2D eigenvalue weighted by atomic mass is 10.1. The highest BCUT2D eigenvalue weighted by Gasteiger charge is 2.28. The molecule has 15 heavy (non-hydrogen) atoms. The van der Waals surface area contributed by atoms with Gasteiger partial charge < -0.3 is 10.1 Å². The first-order valence-electron chi connectivity index (χ1n) is 6.24. The zero-order valence-corrected chi connectivity index (χ0v) is 10.3. The predicted octanol–water partition coefficient (Wildman–Crippen LogP) is 2.55. The van der Waals surface area contributed by atoms with Crippen molar-refractivity contribution < 1.29 is 4.74 Å². The molecule has 3 heteroatoms. The summed E-state index contributed by atoms with van der Waals surface area (Å²) in [6.07, 6.45) is 7.25. The zero-order chi connectivity index (χ0) is 10.7. The summed E-state index contributed by atoms with van der Waals surface area (Å²) in [4.78, 5) is 0. The van der Waals surface area contributed by atoms with Crippen LogP contribution in [0.3, 0.4) is 0 Å². The van der Waals surface area contributed by atoms with E-state index in [4.69, 9.17) is 16.3 Å². The highest BCUT2D eigenvalue weighted by molar-refractivity contribution is 6.18. The Labute approximate surface area is 97.7 Å². The van der Waals surface area contributed by atoms with Gasteiger partial charge in [0, 0.05) is 18.5 Å². The molecular weight excluding hydrogens is 210 g/mol. The Kier molecular flexibility index (Phi) is 4.30. The van der Waals surface area contributed by atoms with Crippen LogP contribution in [0.4, 0.5) is 0 Å². The first-order chi connectivity index (χ1) is 7.29. The van der Waals surface area contributed by atoms with Crippen molar-refractivity contribution in [2.75, 3.05) is 12.4 Å². The van der Waals surface area contributed by atoms with Gasteiger partial charge in [-0.2, -0.15) is 0 Å². The van der Waals surface area contributed by atoms with Gasteiger partial charge in [0.15, 0.2) is 0 Å². The van der Waals surface area contributed by atoms with Crippen molar-refractivity contribution in [3.8, 4) is 0 Å². The summed E-state index contributed by atoms with van der Waals surface area (Å²) in [5.41, 5.74) is 0. The minimum atomic E-state index is 0.441. The third kappa shape index (κ3) is 3.08. The second kappa shape index (κ2) is 5.51. The average Bonchev–Trinajstić information content (AvgIpc) is 2.83. The summed E-state index contributed by atoms with van der Waals surface area (Å²) < 4.78 is 5.79. The first kappa shape index (κ1) is 11.7. The molecule has 2 fully saturated rings. The monoisotopic (exact) mass is 231 g/mol. The topological polar surface area (TPSA) is 21.3 Å².